The number of fused-ring (bicyclic) bond motifs is 1. The zero-order valence-corrected chi connectivity index (χ0v) is 20.3. The van der Waals surface area contributed by atoms with Gasteiger partial charge in [0.15, 0.2) is 5.79 Å². The van der Waals surface area contributed by atoms with E-state index in [1.165, 1.54) is 77.0 Å². The van der Waals surface area contributed by atoms with Crippen LogP contribution in [-0.2, 0) is 9.47 Å². The smallest absolute Gasteiger partial charge is 0.186 e. The van der Waals surface area contributed by atoms with Gasteiger partial charge in [0.1, 0.15) is 0 Å². The van der Waals surface area contributed by atoms with Crippen LogP contribution in [0.2, 0.25) is 0 Å². The quantitative estimate of drug-likeness (QED) is 0.249. The van der Waals surface area contributed by atoms with E-state index in [2.05, 4.69) is 39.9 Å². The van der Waals surface area contributed by atoms with Gasteiger partial charge in [0.05, 0.1) is 6.04 Å². The molecule has 1 saturated heterocycles. The van der Waals surface area contributed by atoms with Crippen molar-refractivity contribution in [2.75, 3.05) is 19.8 Å². The lowest BCUT2D eigenvalue weighted by Crippen LogP contribution is -2.66. The normalized spacial score (nSPS) is 26.5. The number of nitrogens with one attached hydrogen (secondary N) is 1. The molecule has 0 aromatic carbocycles. The molecule has 2 rings (SSSR count). The second-order valence-electron chi connectivity index (χ2n) is 9.92. The number of unbranched alkanes of at least 4 members (excludes halogenated alkanes) is 5. The largest absolute Gasteiger partial charge is 0.348 e. The van der Waals surface area contributed by atoms with Crippen molar-refractivity contribution in [1.82, 2.24) is 5.32 Å². The van der Waals surface area contributed by atoms with E-state index in [0.717, 1.165) is 25.7 Å². The van der Waals surface area contributed by atoms with E-state index < -0.39 is 5.79 Å². The van der Waals surface area contributed by atoms with Crippen LogP contribution >= 0.6 is 0 Å². The van der Waals surface area contributed by atoms with Crippen LogP contribution in [0, 0.1) is 23.7 Å². The molecule has 0 aromatic rings. The summed E-state index contributed by atoms with van der Waals surface area (Å²) in [7, 11) is 0. The van der Waals surface area contributed by atoms with Gasteiger partial charge in [0.2, 0.25) is 0 Å². The SMILES string of the molecule is CCCCCCCCC(C(C)C)C(OCC)(OCC)C1NCCC2CCCCC21. The molecular formula is C26H51NO2. The molecule has 0 spiro atoms. The molecule has 0 bridgehead atoms. The van der Waals surface area contributed by atoms with E-state index >= 15 is 0 Å². The van der Waals surface area contributed by atoms with Gasteiger partial charge in [0, 0.05) is 19.1 Å². The molecule has 1 aliphatic heterocycles. The van der Waals surface area contributed by atoms with Crippen LogP contribution in [0.3, 0.4) is 0 Å². The molecule has 4 atom stereocenters. The monoisotopic (exact) mass is 409 g/mol. The topological polar surface area (TPSA) is 30.5 Å². The maximum Gasteiger partial charge on any atom is 0.186 e. The highest BCUT2D eigenvalue weighted by atomic mass is 16.7. The lowest BCUT2D eigenvalue weighted by atomic mass is 9.66. The van der Waals surface area contributed by atoms with E-state index in [-0.39, 0.29) is 0 Å². The number of piperidine rings is 1. The van der Waals surface area contributed by atoms with Crippen molar-refractivity contribution in [2.45, 2.75) is 123 Å². The molecule has 1 aliphatic carbocycles. The van der Waals surface area contributed by atoms with Gasteiger partial charge >= 0.3 is 0 Å². The fraction of sp³-hybridized carbons (Fsp3) is 1.00. The van der Waals surface area contributed by atoms with Crippen LogP contribution in [0.5, 0.6) is 0 Å². The molecule has 2 aliphatic rings. The van der Waals surface area contributed by atoms with Gasteiger partial charge in [0.25, 0.3) is 0 Å². The van der Waals surface area contributed by atoms with Gasteiger partial charge in [-0.15, -0.1) is 0 Å². The first-order valence-corrected chi connectivity index (χ1v) is 13.1. The average Bonchev–Trinajstić information content (AvgIpc) is 2.72. The fourth-order valence-corrected chi connectivity index (χ4v) is 6.31. The Bertz CT molecular complexity index is 417. The van der Waals surface area contributed by atoms with Gasteiger partial charge in [-0.2, -0.15) is 0 Å². The zero-order chi connectivity index (χ0) is 21.1. The lowest BCUT2D eigenvalue weighted by molar-refractivity contribution is -0.300. The summed E-state index contributed by atoms with van der Waals surface area (Å²) >= 11 is 0. The first-order valence-electron chi connectivity index (χ1n) is 13.1. The third-order valence-corrected chi connectivity index (χ3v) is 7.64. The van der Waals surface area contributed by atoms with Gasteiger partial charge in [-0.3, -0.25) is 0 Å². The average molecular weight is 410 g/mol. The molecule has 29 heavy (non-hydrogen) atoms. The summed E-state index contributed by atoms with van der Waals surface area (Å²) in [5, 5.41) is 3.93. The number of rotatable bonds is 14. The Morgan fingerprint density at radius 3 is 2.17 bits per heavy atom. The van der Waals surface area contributed by atoms with Gasteiger partial charge < -0.3 is 14.8 Å². The Hall–Kier alpha value is -0.120. The molecule has 0 aromatic heterocycles. The van der Waals surface area contributed by atoms with Crippen molar-refractivity contribution in [3.63, 3.8) is 0 Å². The highest BCUT2D eigenvalue weighted by Crippen LogP contribution is 2.46. The first-order chi connectivity index (χ1) is 14.1. The molecule has 172 valence electrons. The van der Waals surface area contributed by atoms with Crippen LogP contribution in [-0.4, -0.2) is 31.6 Å². The molecular weight excluding hydrogens is 358 g/mol. The van der Waals surface area contributed by atoms with Crippen LogP contribution < -0.4 is 5.32 Å². The van der Waals surface area contributed by atoms with E-state index in [1.807, 2.05) is 0 Å². The standard InChI is InChI=1S/C26H51NO2/c1-6-9-10-11-12-13-18-24(21(4)5)26(28-7-2,29-8-3)25-23-17-15-14-16-22(23)19-20-27-25/h21-25,27H,6-20H2,1-5H3. The third kappa shape index (κ3) is 6.68. The number of hydrogen-bond acceptors (Lipinski definition) is 3. The summed E-state index contributed by atoms with van der Waals surface area (Å²) in [6.07, 6.45) is 16.2. The Balaban J connectivity index is 2.19. The minimum Gasteiger partial charge on any atom is -0.348 e. The highest BCUT2D eigenvalue weighted by Gasteiger charge is 2.53. The third-order valence-electron chi connectivity index (χ3n) is 7.64. The predicted octanol–water partition coefficient (Wildman–Crippen LogP) is 6.95. The summed E-state index contributed by atoms with van der Waals surface area (Å²) in [4.78, 5) is 0. The Morgan fingerprint density at radius 1 is 0.862 bits per heavy atom. The van der Waals surface area contributed by atoms with Crippen LogP contribution in [0.4, 0.5) is 0 Å². The van der Waals surface area contributed by atoms with Gasteiger partial charge in [-0.25, -0.2) is 0 Å². The van der Waals surface area contributed by atoms with Crippen LogP contribution in [0.25, 0.3) is 0 Å². The molecule has 1 heterocycles. The van der Waals surface area contributed by atoms with Crippen molar-refractivity contribution in [3.05, 3.63) is 0 Å². The van der Waals surface area contributed by atoms with Crippen molar-refractivity contribution >= 4 is 0 Å². The Labute approximate surface area is 182 Å². The van der Waals surface area contributed by atoms with Crippen molar-refractivity contribution in [3.8, 4) is 0 Å². The van der Waals surface area contributed by atoms with E-state index in [9.17, 15) is 0 Å². The van der Waals surface area contributed by atoms with Crippen molar-refractivity contribution in [1.29, 1.82) is 0 Å². The van der Waals surface area contributed by atoms with Crippen LogP contribution in [0.15, 0.2) is 0 Å². The maximum absolute atomic E-state index is 6.69. The summed E-state index contributed by atoms with van der Waals surface area (Å²) in [5.74, 6) is 2.11. The number of hydrogen-bond donors (Lipinski definition) is 1. The van der Waals surface area contributed by atoms with E-state index in [0.29, 0.717) is 23.8 Å². The number of ether oxygens (including phenoxy) is 2. The van der Waals surface area contributed by atoms with E-state index in [4.69, 9.17) is 9.47 Å². The van der Waals surface area contributed by atoms with E-state index in [1.54, 1.807) is 0 Å². The Kier molecular flexibility index (Phi) is 11.6. The minimum absolute atomic E-state index is 0.342. The first kappa shape index (κ1) is 25.1. The molecule has 1 saturated carbocycles. The molecule has 0 amide bonds. The lowest BCUT2D eigenvalue weighted by Gasteiger charge is -2.54. The second-order valence-corrected chi connectivity index (χ2v) is 9.92. The highest BCUT2D eigenvalue weighted by molar-refractivity contribution is 5.01. The van der Waals surface area contributed by atoms with Crippen LogP contribution in [0.1, 0.15) is 112 Å². The summed E-state index contributed by atoms with van der Waals surface area (Å²) in [6.45, 7) is 13.9. The fourth-order valence-electron chi connectivity index (χ4n) is 6.31. The minimum atomic E-state index is -0.470. The molecule has 4 unspecified atom stereocenters. The Morgan fingerprint density at radius 2 is 1.52 bits per heavy atom. The molecule has 2 fully saturated rings. The molecule has 1 N–H and O–H groups in total. The molecule has 3 heteroatoms. The van der Waals surface area contributed by atoms with Gasteiger partial charge in [-0.05, 0) is 57.4 Å². The second kappa shape index (κ2) is 13.3. The molecule has 0 radical (unpaired) electrons. The summed E-state index contributed by atoms with van der Waals surface area (Å²) < 4.78 is 13.4. The summed E-state index contributed by atoms with van der Waals surface area (Å²) in [6, 6.07) is 0.342. The van der Waals surface area contributed by atoms with Crippen molar-refractivity contribution < 1.29 is 9.47 Å². The zero-order valence-electron chi connectivity index (χ0n) is 20.3. The predicted molar refractivity (Wildman–Crippen MR) is 124 cm³/mol. The van der Waals surface area contributed by atoms with Gasteiger partial charge in [-0.1, -0.05) is 78.6 Å². The summed E-state index contributed by atoms with van der Waals surface area (Å²) in [5.41, 5.74) is 0. The maximum atomic E-state index is 6.69. The van der Waals surface area contributed by atoms with Crippen molar-refractivity contribution in [2.24, 2.45) is 23.7 Å². The molecule has 3 nitrogen and oxygen atoms in total.